The van der Waals surface area contributed by atoms with Crippen LogP contribution in [0.25, 0.3) is 16.8 Å². The molecule has 1 aromatic carbocycles. The fourth-order valence-corrected chi connectivity index (χ4v) is 2.39. The van der Waals surface area contributed by atoms with Crippen molar-refractivity contribution in [1.29, 1.82) is 0 Å². The van der Waals surface area contributed by atoms with Crippen LogP contribution in [-0.2, 0) is 6.61 Å². The first-order valence-corrected chi connectivity index (χ1v) is 6.11. The Morgan fingerprint density at radius 2 is 2.11 bits per heavy atom. The van der Waals surface area contributed by atoms with Gasteiger partial charge in [0, 0.05) is 29.8 Å². The number of hydrogen-bond donors (Lipinski definition) is 0. The van der Waals surface area contributed by atoms with E-state index in [4.69, 9.17) is 4.74 Å². The van der Waals surface area contributed by atoms with Crippen LogP contribution in [0.4, 0.5) is 0 Å². The molecule has 0 unspecified atom stereocenters. The van der Waals surface area contributed by atoms with Crippen LogP contribution in [0, 0.1) is 0 Å². The summed E-state index contributed by atoms with van der Waals surface area (Å²) in [4.78, 5) is 8.32. The first kappa shape index (κ1) is 10.3. The molecule has 0 N–H and O–H groups in total. The van der Waals surface area contributed by atoms with Gasteiger partial charge in [-0.05, 0) is 35.4 Å². The Morgan fingerprint density at radius 1 is 1.11 bits per heavy atom. The van der Waals surface area contributed by atoms with Crippen molar-refractivity contribution in [3.05, 3.63) is 60.8 Å². The van der Waals surface area contributed by atoms with Crippen LogP contribution < -0.4 is 4.74 Å². The lowest BCUT2D eigenvalue weighted by Crippen LogP contribution is -2.07. The SMILES string of the molecule is c1cnc2c(c1)-c1ccc(-n3ccnc3)cc1CO2. The summed E-state index contributed by atoms with van der Waals surface area (Å²) in [6, 6.07) is 10.3. The molecule has 2 aromatic heterocycles. The predicted molar refractivity (Wildman–Crippen MR) is 71.1 cm³/mol. The molecule has 0 spiro atoms. The standard InChI is InChI=1S/C15H11N3O/c1-2-14-13-4-3-12(18-7-6-16-10-18)8-11(13)9-19-15(14)17-5-1/h1-8,10H,9H2. The highest BCUT2D eigenvalue weighted by Gasteiger charge is 2.18. The molecule has 0 amide bonds. The molecule has 4 nitrogen and oxygen atoms in total. The van der Waals surface area contributed by atoms with Gasteiger partial charge in [-0.1, -0.05) is 6.07 Å². The second kappa shape index (κ2) is 3.95. The molecule has 3 heterocycles. The molecule has 19 heavy (non-hydrogen) atoms. The predicted octanol–water partition coefficient (Wildman–Crippen LogP) is 2.83. The van der Waals surface area contributed by atoms with Crippen LogP contribution in [-0.4, -0.2) is 14.5 Å². The van der Waals surface area contributed by atoms with E-state index in [1.807, 2.05) is 22.9 Å². The lowest BCUT2D eigenvalue weighted by molar-refractivity contribution is 0.290. The van der Waals surface area contributed by atoms with Crippen molar-refractivity contribution in [2.75, 3.05) is 0 Å². The van der Waals surface area contributed by atoms with E-state index in [2.05, 4.69) is 28.2 Å². The molecular formula is C15H11N3O. The quantitative estimate of drug-likeness (QED) is 0.665. The Hall–Kier alpha value is -2.62. The van der Waals surface area contributed by atoms with Crippen molar-refractivity contribution in [1.82, 2.24) is 14.5 Å². The van der Waals surface area contributed by atoms with Gasteiger partial charge in [0.1, 0.15) is 6.61 Å². The van der Waals surface area contributed by atoms with Crippen LogP contribution in [0.2, 0.25) is 0 Å². The van der Waals surface area contributed by atoms with Crippen LogP contribution in [0.1, 0.15) is 5.56 Å². The fraction of sp³-hybridized carbons (Fsp3) is 0.0667. The highest BCUT2D eigenvalue weighted by Crippen LogP contribution is 2.36. The first-order chi connectivity index (χ1) is 9.42. The Bertz CT molecular complexity index is 735. The number of nitrogens with zero attached hydrogens (tertiary/aromatic N) is 3. The minimum absolute atomic E-state index is 0.557. The van der Waals surface area contributed by atoms with Crippen molar-refractivity contribution in [2.24, 2.45) is 0 Å². The number of rotatable bonds is 1. The Morgan fingerprint density at radius 3 is 3.00 bits per heavy atom. The summed E-state index contributed by atoms with van der Waals surface area (Å²) in [5, 5.41) is 0. The Labute approximate surface area is 110 Å². The average Bonchev–Trinajstić information content (AvgIpc) is 3.01. The Balaban J connectivity index is 1.87. The Kier molecular flexibility index (Phi) is 2.14. The zero-order chi connectivity index (χ0) is 12.7. The van der Waals surface area contributed by atoms with Crippen LogP contribution in [0.3, 0.4) is 0 Å². The molecule has 4 rings (SSSR count). The summed E-state index contributed by atoms with van der Waals surface area (Å²) in [5.74, 6) is 0.713. The summed E-state index contributed by atoms with van der Waals surface area (Å²) in [6.07, 6.45) is 7.25. The van der Waals surface area contributed by atoms with Gasteiger partial charge >= 0.3 is 0 Å². The van der Waals surface area contributed by atoms with Crippen LogP contribution >= 0.6 is 0 Å². The molecule has 0 aliphatic carbocycles. The fourth-order valence-electron chi connectivity index (χ4n) is 2.39. The molecule has 0 bridgehead atoms. The summed E-state index contributed by atoms with van der Waals surface area (Å²) in [7, 11) is 0. The minimum Gasteiger partial charge on any atom is -0.472 e. The van der Waals surface area contributed by atoms with Gasteiger partial charge in [0.2, 0.25) is 5.88 Å². The van der Waals surface area contributed by atoms with Gasteiger partial charge in [0.15, 0.2) is 0 Å². The maximum absolute atomic E-state index is 5.69. The van der Waals surface area contributed by atoms with Gasteiger partial charge in [-0.2, -0.15) is 0 Å². The number of aromatic nitrogens is 3. The first-order valence-electron chi connectivity index (χ1n) is 6.11. The van der Waals surface area contributed by atoms with E-state index in [1.54, 1.807) is 18.7 Å². The van der Waals surface area contributed by atoms with Gasteiger partial charge in [0.25, 0.3) is 0 Å². The third-order valence-electron chi connectivity index (χ3n) is 3.32. The number of ether oxygens (including phenoxy) is 1. The molecular weight excluding hydrogens is 238 g/mol. The monoisotopic (exact) mass is 249 g/mol. The van der Waals surface area contributed by atoms with E-state index >= 15 is 0 Å². The minimum atomic E-state index is 0.557. The highest BCUT2D eigenvalue weighted by molar-refractivity contribution is 5.74. The molecule has 0 atom stereocenters. The maximum Gasteiger partial charge on any atom is 0.221 e. The zero-order valence-corrected chi connectivity index (χ0v) is 10.2. The molecule has 0 saturated carbocycles. The number of benzene rings is 1. The second-order valence-electron chi connectivity index (χ2n) is 4.46. The third kappa shape index (κ3) is 1.61. The van der Waals surface area contributed by atoms with Crippen molar-refractivity contribution >= 4 is 0 Å². The largest absolute Gasteiger partial charge is 0.472 e. The second-order valence-corrected chi connectivity index (χ2v) is 4.46. The third-order valence-corrected chi connectivity index (χ3v) is 3.32. The van der Waals surface area contributed by atoms with E-state index in [-0.39, 0.29) is 0 Å². The van der Waals surface area contributed by atoms with Crippen molar-refractivity contribution in [3.8, 4) is 22.7 Å². The van der Waals surface area contributed by atoms with Crippen molar-refractivity contribution in [3.63, 3.8) is 0 Å². The lowest BCUT2D eigenvalue weighted by atomic mass is 9.98. The number of pyridine rings is 1. The van der Waals surface area contributed by atoms with Gasteiger partial charge in [-0.3, -0.25) is 0 Å². The summed E-state index contributed by atoms with van der Waals surface area (Å²) >= 11 is 0. The molecule has 0 saturated heterocycles. The number of imidazole rings is 1. The van der Waals surface area contributed by atoms with Gasteiger partial charge in [-0.25, -0.2) is 9.97 Å². The summed E-state index contributed by atoms with van der Waals surface area (Å²) in [6.45, 7) is 0.557. The average molecular weight is 249 g/mol. The smallest absolute Gasteiger partial charge is 0.221 e. The zero-order valence-electron chi connectivity index (χ0n) is 10.2. The van der Waals surface area contributed by atoms with Crippen molar-refractivity contribution < 1.29 is 4.74 Å². The molecule has 1 aliphatic rings. The topological polar surface area (TPSA) is 39.9 Å². The number of fused-ring (bicyclic) bond motifs is 3. The van der Waals surface area contributed by atoms with E-state index in [0.717, 1.165) is 11.3 Å². The molecule has 0 radical (unpaired) electrons. The molecule has 3 aromatic rings. The van der Waals surface area contributed by atoms with Gasteiger partial charge < -0.3 is 9.30 Å². The molecule has 0 fully saturated rings. The molecule has 92 valence electrons. The highest BCUT2D eigenvalue weighted by atomic mass is 16.5. The van der Waals surface area contributed by atoms with Crippen molar-refractivity contribution in [2.45, 2.75) is 6.61 Å². The lowest BCUT2D eigenvalue weighted by Gasteiger charge is -2.20. The molecule has 1 aliphatic heterocycles. The van der Waals surface area contributed by atoms with Gasteiger partial charge in [-0.15, -0.1) is 0 Å². The van der Waals surface area contributed by atoms with E-state index in [1.165, 1.54) is 11.1 Å². The van der Waals surface area contributed by atoms with E-state index in [9.17, 15) is 0 Å². The van der Waals surface area contributed by atoms with E-state index in [0.29, 0.717) is 12.5 Å². The maximum atomic E-state index is 5.69. The van der Waals surface area contributed by atoms with Crippen LogP contribution in [0.15, 0.2) is 55.2 Å². The normalized spacial score (nSPS) is 12.4. The van der Waals surface area contributed by atoms with E-state index < -0.39 is 0 Å². The number of hydrogen-bond acceptors (Lipinski definition) is 3. The van der Waals surface area contributed by atoms with Crippen LogP contribution in [0.5, 0.6) is 5.88 Å². The summed E-state index contributed by atoms with van der Waals surface area (Å²) in [5.41, 5.74) is 4.51. The van der Waals surface area contributed by atoms with Gasteiger partial charge in [0.05, 0.1) is 6.33 Å². The summed E-state index contributed by atoms with van der Waals surface area (Å²) < 4.78 is 7.67. The molecule has 4 heteroatoms.